The van der Waals surface area contributed by atoms with Crippen LogP contribution >= 0.6 is 11.6 Å². The molecule has 0 spiro atoms. The summed E-state index contributed by atoms with van der Waals surface area (Å²) in [6, 6.07) is 8.05. The molecule has 0 radical (unpaired) electrons. The van der Waals surface area contributed by atoms with Gasteiger partial charge in [0.05, 0.1) is 17.2 Å². The normalized spacial score (nSPS) is 24.1. The van der Waals surface area contributed by atoms with Gasteiger partial charge in [-0.05, 0) is 60.6 Å². The Morgan fingerprint density at radius 3 is 2.81 bits per heavy atom. The Labute approximate surface area is 186 Å². The van der Waals surface area contributed by atoms with E-state index in [-0.39, 0.29) is 39.1 Å². The maximum atomic E-state index is 14.5. The molecule has 1 fully saturated rings. The summed E-state index contributed by atoms with van der Waals surface area (Å²) in [5.74, 6) is -0.485. The van der Waals surface area contributed by atoms with Crippen molar-refractivity contribution in [3.8, 4) is 6.07 Å². The monoisotopic (exact) mass is 455 g/mol. The minimum Gasteiger partial charge on any atom is -0.402 e. The molecule has 0 amide bonds. The van der Waals surface area contributed by atoms with Crippen molar-refractivity contribution in [2.24, 2.45) is 17.6 Å². The number of aromatic nitrogens is 2. The van der Waals surface area contributed by atoms with Crippen LogP contribution in [0.1, 0.15) is 24.0 Å². The van der Waals surface area contributed by atoms with E-state index in [1.807, 2.05) is 6.07 Å². The van der Waals surface area contributed by atoms with Gasteiger partial charge in [-0.1, -0.05) is 11.6 Å². The highest BCUT2D eigenvalue weighted by Gasteiger charge is 2.60. The zero-order chi connectivity index (χ0) is 22.6. The van der Waals surface area contributed by atoms with Crippen LogP contribution in [-0.4, -0.2) is 16.4 Å². The van der Waals surface area contributed by atoms with Crippen LogP contribution < -0.4 is 11.1 Å². The largest absolute Gasteiger partial charge is 0.402 e. The van der Waals surface area contributed by atoms with Crippen molar-refractivity contribution < 1.29 is 13.2 Å². The zero-order valence-corrected chi connectivity index (χ0v) is 17.4. The van der Waals surface area contributed by atoms with Gasteiger partial charge in [-0.15, -0.1) is 0 Å². The third kappa shape index (κ3) is 3.16. The molecule has 162 valence electrons. The van der Waals surface area contributed by atoms with Crippen molar-refractivity contribution in [2.45, 2.75) is 24.7 Å². The van der Waals surface area contributed by atoms with Gasteiger partial charge in [-0.3, -0.25) is 4.98 Å². The lowest BCUT2D eigenvalue weighted by Crippen LogP contribution is -2.39. The number of fused-ring (bicyclic) bond motifs is 2. The summed E-state index contributed by atoms with van der Waals surface area (Å²) in [4.78, 5) is 8.21. The summed E-state index contributed by atoms with van der Waals surface area (Å²) >= 11 is 6.41. The molecule has 0 aliphatic heterocycles. The molecular weight excluding hydrogens is 439 g/mol. The molecule has 2 heterocycles. The molecule has 3 N–H and O–H groups in total. The van der Waals surface area contributed by atoms with Gasteiger partial charge in [0.1, 0.15) is 11.6 Å². The van der Waals surface area contributed by atoms with Crippen molar-refractivity contribution >= 4 is 34.0 Å². The van der Waals surface area contributed by atoms with Crippen LogP contribution in [0.25, 0.3) is 10.9 Å². The average molecular weight is 456 g/mol. The predicted molar refractivity (Wildman–Crippen MR) is 115 cm³/mol. The molecule has 2 aliphatic carbocycles. The minimum absolute atomic E-state index is 0.128. The number of allylic oxidation sites excluding steroid dienone is 2. The number of nitrogens with one attached hydrogen (secondary N) is 1. The van der Waals surface area contributed by atoms with E-state index in [0.717, 1.165) is 6.20 Å². The zero-order valence-electron chi connectivity index (χ0n) is 16.6. The number of nitriles is 1. The second-order valence-corrected chi connectivity index (χ2v) is 8.67. The number of halogens is 4. The molecule has 1 aromatic carbocycles. The standard InChI is InChI=1S/C23H17ClF3N5/c24-18-2-1-14(6-17(18)23(22(26)27)7-13(29)4-12-5-16(12)23)32-21-20-15(19(25)10-31-21)3-11(8-28)9-30-20/h1-3,6-7,9-10,12,16,22H,4-5,29H2,(H,31,32)/t12-,16+,23-/m1/s1. The van der Waals surface area contributed by atoms with Crippen LogP contribution in [0.4, 0.5) is 24.7 Å². The molecule has 2 aliphatic rings. The van der Waals surface area contributed by atoms with Crippen molar-refractivity contribution in [1.29, 1.82) is 5.26 Å². The molecule has 5 rings (SSSR count). The molecule has 32 heavy (non-hydrogen) atoms. The maximum Gasteiger partial charge on any atom is 0.251 e. The van der Waals surface area contributed by atoms with E-state index in [0.29, 0.717) is 29.8 Å². The Morgan fingerprint density at radius 1 is 1.25 bits per heavy atom. The minimum atomic E-state index is -2.68. The fraction of sp³-hybridized carbons (Fsp3) is 0.261. The predicted octanol–water partition coefficient (Wildman–Crippen LogP) is 5.42. The molecule has 3 aromatic rings. The molecule has 0 saturated heterocycles. The molecule has 2 aromatic heterocycles. The van der Waals surface area contributed by atoms with E-state index in [2.05, 4.69) is 15.3 Å². The Kier molecular flexibility index (Phi) is 4.75. The van der Waals surface area contributed by atoms with Gasteiger partial charge in [-0.2, -0.15) is 5.26 Å². The number of nitrogens with two attached hydrogens (primary N) is 1. The molecule has 0 bridgehead atoms. The first-order valence-electron chi connectivity index (χ1n) is 10.00. The fourth-order valence-electron chi connectivity index (χ4n) is 4.77. The van der Waals surface area contributed by atoms with Gasteiger partial charge < -0.3 is 11.1 Å². The lowest BCUT2D eigenvalue weighted by molar-refractivity contribution is 0.0568. The molecule has 0 unspecified atom stereocenters. The highest BCUT2D eigenvalue weighted by molar-refractivity contribution is 6.31. The SMILES string of the molecule is N#Cc1cnc2c(Nc3ccc(Cl)c([C@@]4(C(F)F)C=C(N)C[C@@H]5C[C@@H]54)c3)ncc(F)c2c1. The Bertz CT molecular complexity index is 1320. The van der Waals surface area contributed by atoms with Crippen molar-refractivity contribution in [1.82, 2.24) is 9.97 Å². The number of alkyl halides is 2. The average Bonchev–Trinajstić information content (AvgIpc) is 3.55. The second kappa shape index (κ2) is 7.38. The van der Waals surface area contributed by atoms with Crippen molar-refractivity contribution in [3.63, 3.8) is 0 Å². The molecule has 5 nitrogen and oxygen atoms in total. The summed E-state index contributed by atoms with van der Waals surface area (Å²) in [5, 5.41) is 12.4. The highest BCUT2D eigenvalue weighted by Crippen LogP contribution is 2.61. The third-order valence-electron chi connectivity index (χ3n) is 6.32. The summed E-state index contributed by atoms with van der Waals surface area (Å²) in [6.07, 6.45) is 2.41. The second-order valence-electron chi connectivity index (χ2n) is 8.27. The number of pyridine rings is 2. The van der Waals surface area contributed by atoms with Crippen molar-refractivity contribution in [3.05, 3.63) is 70.4 Å². The van der Waals surface area contributed by atoms with Gasteiger partial charge in [0.2, 0.25) is 0 Å². The highest BCUT2D eigenvalue weighted by atomic mass is 35.5. The summed E-state index contributed by atoms with van der Waals surface area (Å²) in [6.45, 7) is 0. The number of hydrogen-bond donors (Lipinski definition) is 2. The first kappa shape index (κ1) is 20.6. The smallest absolute Gasteiger partial charge is 0.251 e. The van der Waals surface area contributed by atoms with Crippen LogP contribution in [0.5, 0.6) is 0 Å². The summed E-state index contributed by atoms with van der Waals surface area (Å²) in [5.41, 5.74) is 6.07. The summed E-state index contributed by atoms with van der Waals surface area (Å²) in [7, 11) is 0. The van der Waals surface area contributed by atoms with Crippen LogP contribution in [0, 0.1) is 29.0 Å². The van der Waals surface area contributed by atoms with Gasteiger partial charge in [0.25, 0.3) is 6.43 Å². The van der Waals surface area contributed by atoms with E-state index >= 15 is 0 Å². The number of hydrogen-bond acceptors (Lipinski definition) is 5. The topological polar surface area (TPSA) is 87.6 Å². The molecule has 3 atom stereocenters. The van der Waals surface area contributed by atoms with Crippen LogP contribution in [0.15, 0.2) is 48.4 Å². The first-order valence-corrected chi connectivity index (χ1v) is 10.4. The van der Waals surface area contributed by atoms with Crippen LogP contribution in [0.3, 0.4) is 0 Å². The first-order chi connectivity index (χ1) is 15.3. The van der Waals surface area contributed by atoms with Gasteiger partial charge in [0, 0.05) is 28.0 Å². The third-order valence-corrected chi connectivity index (χ3v) is 6.65. The van der Waals surface area contributed by atoms with E-state index in [4.69, 9.17) is 22.6 Å². The lowest BCUT2D eigenvalue weighted by Gasteiger charge is -2.35. The lowest BCUT2D eigenvalue weighted by atomic mass is 9.72. The Morgan fingerprint density at radius 2 is 2.06 bits per heavy atom. The fourth-order valence-corrected chi connectivity index (χ4v) is 5.05. The van der Waals surface area contributed by atoms with Crippen LogP contribution in [0.2, 0.25) is 5.02 Å². The van der Waals surface area contributed by atoms with Gasteiger partial charge in [0.15, 0.2) is 11.6 Å². The number of anilines is 2. The molecule has 9 heteroatoms. The number of benzene rings is 1. The van der Waals surface area contributed by atoms with Gasteiger partial charge in [-0.25, -0.2) is 18.2 Å². The quantitative estimate of drug-likeness (QED) is 0.548. The van der Waals surface area contributed by atoms with E-state index in [9.17, 15) is 13.2 Å². The Balaban J connectivity index is 1.60. The molecular formula is C23H17ClF3N5. The summed E-state index contributed by atoms with van der Waals surface area (Å²) < 4.78 is 43.3. The number of rotatable bonds is 4. The number of nitrogens with zero attached hydrogens (tertiary/aromatic N) is 3. The Hall–Kier alpha value is -3.31. The van der Waals surface area contributed by atoms with E-state index in [1.54, 1.807) is 18.2 Å². The molecule has 1 saturated carbocycles. The maximum absolute atomic E-state index is 14.5. The van der Waals surface area contributed by atoms with E-state index < -0.39 is 17.7 Å². The van der Waals surface area contributed by atoms with Gasteiger partial charge >= 0.3 is 0 Å². The van der Waals surface area contributed by atoms with Crippen LogP contribution in [-0.2, 0) is 5.41 Å². The van der Waals surface area contributed by atoms with E-state index in [1.165, 1.54) is 18.3 Å². The van der Waals surface area contributed by atoms with Crippen molar-refractivity contribution in [2.75, 3.05) is 5.32 Å².